The van der Waals surface area contributed by atoms with Crippen LogP contribution in [0.5, 0.6) is 5.75 Å². The summed E-state index contributed by atoms with van der Waals surface area (Å²) in [4.78, 5) is 24.5. The Morgan fingerprint density at radius 2 is 2.22 bits per heavy atom. The van der Waals surface area contributed by atoms with Crippen LogP contribution in [-0.2, 0) is 4.79 Å². The van der Waals surface area contributed by atoms with Gasteiger partial charge < -0.3 is 15.2 Å². The van der Waals surface area contributed by atoms with E-state index < -0.39 is 12.1 Å². The van der Waals surface area contributed by atoms with Crippen LogP contribution in [-0.4, -0.2) is 54.7 Å². The van der Waals surface area contributed by atoms with Crippen molar-refractivity contribution in [2.75, 3.05) is 26.7 Å². The highest BCUT2D eigenvalue weighted by molar-refractivity contribution is 5.96. The first-order valence-electron chi connectivity index (χ1n) is 7.35. The van der Waals surface area contributed by atoms with Gasteiger partial charge in [-0.25, -0.2) is 4.79 Å². The molecule has 0 aliphatic carbocycles. The number of allylic oxidation sites excluding steroid dienone is 2. The smallest absolute Gasteiger partial charge is 0.408 e. The number of rotatable bonds is 5. The van der Waals surface area contributed by atoms with Crippen molar-refractivity contribution in [1.82, 2.24) is 10.2 Å². The van der Waals surface area contributed by atoms with Gasteiger partial charge in [-0.15, -0.1) is 0 Å². The fourth-order valence-corrected chi connectivity index (χ4v) is 2.36. The molecule has 23 heavy (non-hydrogen) atoms. The second-order valence-corrected chi connectivity index (χ2v) is 5.09. The van der Waals surface area contributed by atoms with Crippen LogP contribution in [0.3, 0.4) is 0 Å². The number of benzene rings is 1. The Labute approximate surface area is 135 Å². The zero-order valence-electron chi connectivity index (χ0n) is 12.9. The molecule has 0 bridgehead atoms. The first-order valence-corrected chi connectivity index (χ1v) is 7.35. The summed E-state index contributed by atoms with van der Waals surface area (Å²) in [5.41, 5.74) is 0.952. The van der Waals surface area contributed by atoms with Gasteiger partial charge in [-0.3, -0.25) is 9.69 Å². The lowest BCUT2D eigenvalue weighted by molar-refractivity contribution is -0.119. The van der Waals surface area contributed by atoms with Crippen LogP contribution in [0, 0.1) is 0 Å². The Bertz CT molecular complexity index is 625. The molecule has 6 nitrogen and oxygen atoms in total. The Morgan fingerprint density at radius 3 is 2.96 bits per heavy atom. The predicted molar refractivity (Wildman–Crippen MR) is 87.6 cm³/mol. The number of nitrogens with one attached hydrogen (secondary N) is 1. The topological polar surface area (TPSA) is 78.9 Å². The number of methoxy groups -OCH3 is 1. The minimum Gasteiger partial charge on any atom is -0.497 e. The van der Waals surface area contributed by atoms with Gasteiger partial charge in [-0.1, -0.05) is 30.4 Å². The van der Waals surface area contributed by atoms with Crippen LogP contribution in [0.15, 0.2) is 42.5 Å². The summed E-state index contributed by atoms with van der Waals surface area (Å²) in [6.45, 7) is 1.23. The van der Waals surface area contributed by atoms with Crippen LogP contribution in [0.4, 0.5) is 4.79 Å². The van der Waals surface area contributed by atoms with Crippen LogP contribution < -0.4 is 10.1 Å². The molecule has 0 aromatic heterocycles. The van der Waals surface area contributed by atoms with Crippen LogP contribution in [0.25, 0.3) is 6.08 Å². The fraction of sp³-hybridized carbons (Fsp3) is 0.294. The molecule has 6 heteroatoms. The predicted octanol–water partition coefficient (Wildman–Crippen LogP) is 1.79. The highest BCUT2D eigenvalue weighted by Gasteiger charge is 2.30. The first kappa shape index (κ1) is 16.8. The van der Waals surface area contributed by atoms with E-state index in [1.54, 1.807) is 19.3 Å². The molecule has 1 saturated heterocycles. The Balaban J connectivity index is 1.97. The quantitative estimate of drug-likeness (QED) is 0.639. The zero-order valence-corrected chi connectivity index (χ0v) is 12.9. The minimum absolute atomic E-state index is 0.227. The van der Waals surface area contributed by atoms with E-state index in [0.29, 0.717) is 19.6 Å². The normalized spacial score (nSPS) is 18.5. The molecule has 0 radical (unpaired) electrons. The highest BCUT2D eigenvalue weighted by Crippen LogP contribution is 2.13. The molecule has 1 aliphatic heterocycles. The van der Waals surface area contributed by atoms with Gasteiger partial charge in [0, 0.05) is 19.6 Å². The lowest BCUT2D eigenvalue weighted by Gasteiger charge is -2.32. The van der Waals surface area contributed by atoms with E-state index in [2.05, 4.69) is 5.32 Å². The molecule has 2 rings (SSSR count). The van der Waals surface area contributed by atoms with E-state index in [0.717, 1.165) is 11.3 Å². The molecule has 1 amide bonds. The fourth-order valence-electron chi connectivity index (χ4n) is 2.36. The minimum atomic E-state index is -1.06. The maximum atomic E-state index is 12.1. The van der Waals surface area contributed by atoms with Gasteiger partial charge in [-0.2, -0.15) is 0 Å². The van der Waals surface area contributed by atoms with E-state index in [1.807, 2.05) is 30.3 Å². The largest absolute Gasteiger partial charge is 0.497 e. The van der Waals surface area contributed by atoms with Gasteiger partial charge in [-0.05, 0) is 23.8 Å². The molecule has 0 spiro atoms. The van der Waals surface area contributed by atoms with Crippen LogP contribution in [0.2, 0.25) is 0 Å². The molecule has 1 heterocycles. The monoisotopic (exact) mass is 316 g/mol. The molecule has 1 atom stereocenters. The van der Waals surface area contributed by atoms with Crippen molar-refractivity contribution in [2.45, 2.75) is 6.04 Å². The Hall–Kier alpha value is -2.60. The summed E-state index contributed by atoms with van der Waals surface area (Å²) in [6, 6.07) is 6.87. The van der Waals surface area contributed by atoms with Crippen molar-refractivity contribution in [3.05, 3.63) is 48.1 Å². The van der Waals surface area contributed by atoms with Crippen molar-refractivity contribution >= 4 is 18.0 Å². The van der Waals surface area contributed by atoms with Crippen molar-refractivity contribution in [3.63, 3.8) is 0 Å². The third-order valence-electron chi connectivity index (χ3n) is 3.57. The number of piperazine rings is 1. The number of amides is 1. The van der Waals surface area contributed by atoms with Gasteiger partial charge in [0.1, 0.15) is 11.8 Å². The molecule has 1 aliphatic rings. The third kappa shape index (κ3) is 4.69. The van der Waals surface area contributed by atoms with Gasteiger partial charge in [0.05, 0.1) is 7.11 Å². The maximum Gasteiger partial charge on any atom is 0.408 e. The standard InChI is InChI=1S/C17H20N2O4/c1-23-14-7-4-6-13(11-14)5-2-3-8-16(20)15-12-18-9-10-19(15)17(21)22/h2-8,11,15,18H,9-10,12H2,1H3,(H,21,22)/b5-2+,8-3+. The summed E-state index contributed by atoms with van der Waals surface area (Å²) in [5, 5.41) is 12.2. The van der Waals surface area contributed by atoms with E-state index >= 15 is 0 Å². The number of carboxylic acid groups (broad SMARTS) is 1. The van der Waals surface area contributed by atoms with Crippen LogP contribution in [0.1, 0.15) is 5.56 Å². The first-order chi connectivity index (χ1) is 11.1. The summed E-state index contributed by atoms with van der Waals surface area (Å²) in [5.74, 6) is 0.535. The lowest BCUT2D eigenvalue weighted by atomic mass is 10.1. The second-order valence-electron chi connectivity index (χ2n) is 5.09. The number of ether oxygens (including phenoxy) is 1. The molecule has 0 saturated carbocycles. The maximum absolute atomic E-state index is 12.1. The zero-order chi connectivity index (χ0) is 16.7. The molecule has 1 aromatic rings. The molecule has 1 fully saturated rings. The van der Waals surface area contributed by atoms with Crippen molar-refractivity contribution in [2.24, 2.45) is 0 Å². The SMILES string of the molecule is COc1cccc(/C=C/C=C/C(=O)C2CNCCN2C(=O)O)c1. The summed E-state index contributed by atoms with van der Waals surface area (Å²) in [7, 11) is 1.60. The van der Waals surface area contributed by atoms with E-state index in [9.17, 15) is 9.59 Å². The van der Waals surface area contributed by atoms with Crippen molar-refractivity contribution in [3.8, 4) is 5.75 Å². The summed E-state index contributed by atoms with van der Waals surface area (Å²) in [6.07, 6.45) is 5.56. The van der Waals surface area contributed by atoms with E-state index in [-0.39, 0.29) is 5.78 Å². The number of hydrogen-bond donors (Lipinski definition) is 2. The molecule has 2 N–H and O–H groups in total. The number of hydrogen-bond acceptors (Lipinski definition) is 4. The average molecular weight is 316 g/mol. The Morgan fingerprint density at radius 1 is 1.39 bits per heavy atom. The van der Waals surface area contributed by atoms with Gasteiger partial charge in [0.15, 0.2) is 5.78 Å². The van der Waals surface area contributed by atoms with Gasteiger partial charge in [0.2, 0.25) is 0 Å². The van der Waals surface area contributed by atoms with Gasteiger partial charge >= 0.3 is 6.09 Å². The molecule has 122 valence electrons. The second kappa shape index (κ2) is 8.14. The number of carbonyl (C=O) groups is 2. The summed E-state index contributed by atoms with van der Waals surface area (Å²) >= 11 is 0. The number of nitrogens with zero attached hydrogens (tertiary/aromatic N) is 1. The van der Waals surface area contributed by atoms with Crippen molar-refractivity contribution < 1.29 is 19.4 Å². The lowest BCUT2D eigenvalue weighted by Crippen LogP contribution is -2.56. The van der Waals surface area contributed by atoms with Gasteiger partial charge in [0.25, 0.3) is 0 Å². The molecular weight excluding hydrogens is 296 g/mol. The molecule has 1 aromatic carbocycles. The van der Waals surface area contributed by atoms with Crippen LogP contribution >= 0.6 is 0 Å². The Kier molecular flexibility index (Phi) is 5.94. The summed E-state index contributed by atoms with van der Waals surface area (Å²) < 4.78 is 5.14. The number of carbonyl (C=O) groups excluding carboxylic acids is 1. The molecule has 1 unspecified atom stereocenters. The van der Waals surface area contributed by atoms with E-state index in [1.165, 1.54) is 11.0 Å². The number of ketones is 1. The third-order valence-corrected chi connectivity index (χ3v) is 3.57. The van der Waals surface area contributed by atoms with E-state index in [4.69, 9.17) is 9.84 Å². The average Bonchev–Trinajstić information content (AvgIpc) is 2.58. The highest BCUT2D eigenvalue weighted by atomic mass is 16.5. The van der Waals surface area contributed by atoms with Crippen molar-refractivity contribution in [1.29, 1.82) is 0 Å². The molecular formula is C17H20N2O4.